The first-order valence-corrected chi connectivity index (χ1v) is 9.23. The maximum Gasteiger partial charge on any atom is 0.319 e. The molecule has 5 heteroatoms. The molecule has 1 aromatic heterocycles. The van der Waals surface area contributed by atoms with E-state index in [4.69, 9.17) is 4.74 Å². The SMILES string of the molecule is COC(=O)CN(Cc1ccccc1)Cc1c(I)c2ccccc2n1C. The zero-order valence-electron chi connectivity index (χ0n) is 14.4. The normalized spacial score (nSPS) is 11.2. The van der Waals surface area contributed by atoms with Crippen LogP contribution in [0, 0.1) is 3.57 Å². The number of carbonyl (C=O) groups excluding carboxylic acids is 1. The molecule has 3 aromatic rings. The molecule has 0 N–H and O–H groups in total. The standard InChI is InChI=1S/C20H21IN2O2/c1-22-17-11-7-6-10-16(17)20(21)18(22)13-23(14-19(24)25-2)12-15-8-4-3-5-9-15/h3-11H,12-14H2,1-2H3. The minimum Gasteiger partial charge on any atom is -0.468 e. The van der Waals surface area contributed by atoms with Gasteiger partial charge < -0.3 is 9.30 Å². The third-order valence-electron chi connectivity index (χ3n) is 4.36. The number of benzene rings is 2. The number of nitrogens with zero attached hydrogens (tertiary/aromatic N) is 2. The van der Waals surface area contributed by atoms with E-state index in [1.165, 1.54) is 32.8 Å². The van der Waals surface area contributed by atoms with Crippen LogP contribution >= 0.6 is 22.6 Å². The van der Waals surface area contributed by atoms with Gasteiger partial charge in [0.2, 0.25) is 0 Å². The number of ether oxygens (including phenoxy) is 1. The lowest BCUT2D eigenvalue weighted by molar-refractivity contribution is -0.142. The van der Waals surface area contributed by atoms with Crippen molar-refractivity contribution in [2.75, 3.05) is 13.7 Å². The van der Waals surface area contributed by atoms with E-state index >= 15 is 0 Å². The summed E-state index contributed by atoms with van der Waals surface area (Å²) in [5.41, 5.74) is 3.60. The molecule has 0 unspecified atom stereocenters. The zero-order chi connectivity index (χ0) is 17.8. The first-order chi connectivity index (χ1) is 12.1. The fourth-order valence-corrected chi connectivity index (χ4v) is 4.03. The predicted octanol–water partition coefficient (Wildman–Crippen LogP) is 3.96. The van der Waals surface area contributed by atoms with Crippen LogP contribution in [0.25, 0.3) is 10.9 Å². The monoisotopic (exact) mass is 448 g/mol. The summed E-state index contributed by atoms with van der Waals surface area (Å²) in [6.07, 6.45) is 0. The van der Waals surface area contributed by atoms with Crippen LogP contribution in [0.3, 0.4) is 0 Å². The van der Waals surface area contributed by atoms with Crippen LogP contribution in [0.4, 0.5) is 0 Å². The Labute approximate surface area is 161 Å². The van der Waals surface area contributed by atoms with Crippen molar-refractivity contribution in [2.24, 2.45) is 7.05 Å². The van der Waals surface area contributed by atoms with E-state index in [9.17, 15) is 4.79 Å². The molecule has 0 fully saturated rings. The van der Waals surface area contributed by atoms with Gasteiger partial charge in [-0.15, -0.1) is 0 Å². The van der Waals surface area contributed by atoms with Gasteiger partial charge in [0.25, 0.3) is 0 Å². The van der Waals surface area contributed by atoms with Crippen molar-refractivity contribution in [3.8, 4) is 0 Å². The highest BCUT2D eigenvalue weighted by Gasteiger charge is 2.18. The van der Waals surface area contributed by atoms with E-state index in [0.717, 1.165) is 0 Å². The van der Waals surface area contributed by atoms with Crippen LogP contribution in [-0.4, -0.2) is 29.1 Å². The van der Waals surface area contributed by atoms with Gasteiger partial charge in [0.05, 0.1) is 13.7 Å². The van der Waals surface area contributed by atoms with E-state index in [-0.39, 0.29) is 12.5 Å². The third-order valence-corrected chi connectivity index (χ3v) is 5.57. The quantitative estimate of drug-likeness (QED) is 0.423. The number of carbonyl (C=O) groups is 1. The number of fused-ring (bicyclic) bond motifs is 1. The number of hydrogen-bond donors (Lipinski definition) is 0. The Morgan fingerprint density at radius 2 is 1.76 bits per heavy atom. The topological polar surface area (TPSA) is 34.5 Å². The summed E-state index contributed by atoms with van der Waals surface area (Å²) in [4.78, 5) is 14.0. The second-order valence-corrected chi connectivity index (χ2v) is 7.12. The molecule has 130 valence electrons. The molecular formula is C20H21IN2O2. The fraction of sp³-hybridized carbons (Fsp3) is 0.250. The van der Waals surface area contributed by atoms with Crippen LogP contribution in [0.15, 0.2) is 54.6 Å². The zero-order valence-corrected chi connectivity index (χ0v) is 16.6. The summed E-state index contributed by atoms with van der Waals surface area (Å²) in [7, 11) is 3.52. The highest BCUT2D eigenvalue weighted by Crippen LogP contribution is 2.28. The number of aromatic nitrogens is 1. The number of halogens is 1. The number of aryl methyl sites for hydroxylation is 1. The van der Waals surface area contributed by atoms with E-state index in [2.05, 4.69) is 75.5 Å². The molecule has 0 aliphatic carbocycles. The molecular weight excluding hydrogens is 427 g/mol. The van der Waals surface area contributed by atoms with Crippen molar-refractivity contribution in [2.45, 2.75) is 13.1 Å². The van der Waals surface area contributed by atoms with Gasteiger partial charge in [-0.05, 0) is 34.2 Å². The highest BCUT2D eigenvalue weighted by atomic mass is 127. The summed E-state index contributed by atoms with van der Waals surface area (Å²) in [6.45, 7) is 1.66. The molecule has 3 rings (SSSR count). The number of rotatable bonds is 6. The van der Waals surface area contributed by atoms with E-state index in [1.807, 2.05) is 18.2 Å². The van der Waals surface area contributed by atoms with Crippen molar-refractivity contribution < 1.29 is 9.53 Å². The summed E-state index contributed by atoms with van der Waals surface area (Å²) in [6, 6.07) is 18.6. The molecule has 0 saturated heterocycles. The van der Waals surface area contributed by atoms with Crippen LogP contribution in [-0.2, 0) is 29.7 Å². The summed E-state index contributed by atoms with van der Waals surface area (Å²) in [5, 5.41) is 1.25. The number of hydrogen-bond acceptors (Lipinski definition) is 3. The molecule has 0 aliphatic rings. The Morgan fingerprint density at radius 1 is 1.08 bits per heavy atom. The minimum atomic E-state index is -0.218. The third kappa shape index (κ3) is 4.04. The predicted molar refractivity (Wildman–Crippen MR) is 108 cm³/mol. The van der Waals surface area contributed by atoms with Crippen molar-refractivity contribution in [1.82, 2.24) is 9.47 Å². The Bertz CT molecular complexity index is 835. The van der Waals surface area contributed by atoms with Gasteiger partial charge in [-0.25, -0.2) is 0 Å². The lowest BCUT2D eigenvalue weighted by Crippen LogP contribution is -2.30. The van der Waals surface area contributed by atoms with Gasteiger partial charge in [-0.2, -0.15) is 0 Å². The average Bonchev–Trinajstić information content (AvgIpc) is 2.87. The van der Waals surface area contributed by atoms with Crippen molar-refractivity contribution in [3.63, 3.8) is 0 Å². The lowest BCUT2D eigenvalue weighted by atomic mass is 10.2. The summed E-state index contributed by atoms with van der Waals surface area (Å²) in [5.74, 6) is -0.218. The van der Waals surface area contributed by atoms with Crippen LogP contribution in [0.5, 0.6) is 0 Å². The van der Waals surface area contributed by atoms with Crippen molar-refractivity contribution in [3.05, 3.63) is 69.4 Å². The molecule has 2 aromatic carbocycles. The maximum atomic E-state index is 11.9. The molecule has 0 atom stereocenters. The van der Waals surface area contributed by atoms with Crippen molar-refractivity contribution >= 4 is 39.5 Å². The molecule has 0 spiro atoms. The van der Waals surface area contributed by atoms with Gasteiger partial charge in [0.15, 0.2) is 0 Å². The second-order valence-electron chi connectivity index (χ2n) is 6.04. The van der Waals surface area contributed by atoms with E-state index < -0.39 is 0 Å². The maximum absolute atomic E-state index is 11.9. The Hall–Kier alpha value is -1.86. The van der Waals surface area contributed by atoms with Gasteiger partial charge in [-0.1, -0.05) is 48.5 Å². The molecule has 0 amide bonds. The van der Waals surface area contributed by atoms with Crippen LogP contribution < -0.4 is 0 Å². The molecule has 1 heterocycles. The van der Waals surface area contributed by atoms with Gasteiger partial charge >= 0.3 is 5.97 Å². The van der Waals surface area contributed by atoms with Gasteiger partial charge in [0.1, 0.15) is 0 Å². The number of para-hydroxylation sites is 1. The summed E-state index contributed by atoms with van der Waals surface area (Å²) >= 11 is 2.40. The molecule has 0 aliphatic heterocycles. The Balaban J connectivity index is 1.90. The average molecular weight is 448 g/mol. The molecule has 0 bridgehead atoms. The number of methoxy groups -OCH3 is 1. The Kier molecular flexibility index (Phi) is 5.75. The summed E-state index contributed by atoms with van der Waals surface area (Å²) < 4.78 is 8.34. The first kappa shape index (κ1) is 17.9. The minimum absolute atomic E-state index is 0.218. The number of esters is 1. The largest absolute Gasteiger partial charge is 0.468 e. The van der Waals surface area contributed by atoms with E-state index in [0.29, 0.717) is 13.1 Å². The fourth-order valence-electron chi connectivity index (χ4n) is 3.04. The molecule has 25 heavy (non-hydrogen) atoms. The van der Waals surface area contributed by atoms with Crippen LogP contribution in [0.1, 0.15) is 11.3 Å². The molecule has 0 saturated carbocycles. The van der Waals surface area contributed by atoms with E-state index in [1.54, 1.807) is 0 Å². The second kappa shape index (κ2) is 8.01. The van der Waals surface area contributed by atoms with Crippen molar-refractivity contribution in [1.29, 1.82) is 0 Å². The van der Waals surface area contributed by atoms with Gasteiger partial charge in [0, 0.05) is 40.3 Å². The van der Waals surface area contributed by atoms with Gasteiger partial charge in [-0.3, -0.25) is 9.69 Å². The highest BCUT2D eigenvalue weighted by molar-refractivity contribution is 14.1. The molecule has 0 radical (unpaired) electrons. The lowest BCUT2D eigenvalue weighted by Gasteiger charge is -2.22. The smallest absolute Gasteiger partial charge is 0.319 e. The van der Waals surface area contributed by atoms with Crippen LogP contribution in [0.2, 0.25) is 0 Å². The first-order valence-electron chi connectivity index (χ1n) is 8.15. The Morgan fingerprint density at radius 3 is 2.44 bits per heavy atom. The molecule has 4 nitrogen and oxygen atoms in total.